The maximum absolute atomic E-state index is 10.8. The highest BCUT2D eigenvalue weighted by Gasteiger charge is 2.27. The van der Waals surface area contributed by atoms with Gasteiger partial charge in [-0.3, -0.25) is 9.78 Å². The predicted molar refractivity (Wildman–Crippen MR) is 62.5 cm³/mol. The van der Waals surface area contributed by atoms with E-state index in [0.29, 0.717) is 11.6 Å². The average molecular weight is 235 g/mol. The van der Waals surface area contributed by atoms with Gasteiger partial charge in [0, 0.05) is 11.6 Å². The normalized spacial score (nSPS) is 24.5. The summed E-state index contributed by atoms with van der Waals surface area (Å²) in [6.45, 7) is -0.0433. The van der Waals surface area contributed by atoms with Gasteiger partial charge in [0.05, 0.1) is 18.2 Å². The van der Waals surface area contributed by atoms with Crippen LogP contribution in [0.1, 0.15) is 43.0 Å². The Morgan fingerprint density at radius 3 is 2.59 bits per heavy atom. The molecule has 0 radical (unpaired) electrons. The van der Waals surface area contributed by atoms with Gasteiger partial charge >= 0.3 is 5.97 Å². The second-order valence-corrected chi connectivity index (χ2v) is 4.60. The maximum atomic E-state index is 10.8. The molecule has 2 rings (SSSR count). The van der Waals surface area contributed by atoms with Crippen molar-refractivity contribution in [3.8, 4) is 0 Å². The van der Waals surface area contributed by atoms with E-state index in [1.807, 2.05) is 12.1 Å². The average Bonchev–Trinajstić information content (AvgIpc) is 2.39. The van der Waals surface area contributed by atoms with E-state index in [9.17, 15) is 4.79 Å². The molecule has 0 aliphatic heterocycles. The lowest BCUT2D eigenvalue weighted by Crippen LogP contribution is -2.21. The van der Waals surface area contributed by atoms with Gasteiger partial charge in [-0.25, -0.2) is 0 Å². The maximum Gasteiger partial charge on any atom is 0.306 e. The van der Waals surface area contributed by atoms with E-state index in [2.05, 4.69) is 4.98 Å². The van der Waals surface area contributed by atoms with Crippen LogP contribution in [0.2, 0.25) is 0 Å². The van der Waals surface area contributed by atoms with E-state index in [4.69, 9.17) is 10.2 Å². The van der Waals surface area contributed by atoms with Gasteiger partial charge < -0.3 is 10.2 Å². The number of aromatic nitrogens is 1. The van der Waals surface area contributed by atoms with E-state index in [0.717, 1.165) is 31.4 Å². The van der Waals surface area contributed by atoms with Crippen molar-refractivity contribution in [3.05, 3.63) is 29.6 Å². The largest absolute Gasteiger partial charge is 0.481 e. The first-order chi connectivity index (χ1) is 8.20. The summed E-state index contributed by atoms with van der Waals surface area (Å²) >= 11 is 0. The molecule has 1 aromatic heterocycles. The van der Waals surface area contributed by atoms with E-state index in [-0.39, 0.29) is 12.5 Å². The number of carbonyl (C=O) groups is 1. The summed E-state index contributed by atoms with van der Waals surface area (Å²) in [4.78, 5) is 15.2. The molecule has 0 saturated heterocycles. The van der Waals surface area contributed by atoms with Gasteiger partial charge in [0.15, 0.2) is 0 Å². The lowest BCUT2D eigenvalue weighted by Gasteiger charge is -2.25. The molecule has 1 fully saturated rings. The lowest BCUT2D eigenvalue weighted by molar-refractivity contribution is -0.142. The fraction of sp³-hybridized carbons (Fsp3) is 0.538. The molecule has 17 heavy (non-hydrogen) atoms. The molecule has 4 heteroatoms. The van der Waals surface area contributed by atoms with Crippen LogP contribution in [-0.4, -0.2) is 21.2 Å². The van der Waals surface area contributed by atoms with E-state index >= 15 is 0 Å². The molecule has 4 nitrogen and oxygen atoms in total. The third-order valence-corrected chi connectivity index (χ3v) is 3.48. The van der Waals surface area contributed by atoms with Gasteiger partial charge in [-0.05, 0) is 37.8 Å². The molecule has 1 aliphatic carbocycles. The van der Waals surface area contributed by atoms with E-state index in [1.165, 1.54) is 0 Å². The Bertz CT molecular complexity index is 397. The highest BCUT2D eigenvalue weighted by atomic mass is 16.4. The van der Waals surface area contributed by atoms with Crippen LogP contribution in [0, 0.1) is 5.92 Å². The fourth-order valence-electron chi connectivity index (χ4n) is 2.45. The number of carboxylic acid groups (broad SMARTS) is 1. The number of pyridine rings is 1. The zero-order chi connectivity index (χ0) is 12.3. The Kier molecular flexibility index (Phi) is 3.74. The number of aliphatic hydroxyl groups is 1. The molecule has 0 spiro atoms. The summed E-state index contributed by atoms with van der Waals surface area (Å²) in [7, 11) is 0. The Morgan fingerprint density at radius 1 is 1.29 bits per heavy atom. The van der Waals surface area contributed by atoms with Crippen LogP contribution in [0.5, 0.6) is 0 Å². The summed E-state index contributed by atoms with van der Waals surface area (Å²) in [6, 6.07) is 5.66. The molecule has 0 amide bonds. The minimum atomic E-state index is -0.680. The van der Waals surface area contributed by atoms with Gasteiger partial charge in [-0.15, -0.1) is 0 Å². The van der Waals surface area contributed by atoms with Crippen molar-refractivity contribution in [1.29, 1.82) is 0 Å². The van der Waals surface area contributed by atoms with E-state index < -0.39 is 5.97 Å². The standard InChI is InChI=1S/C13H17NO3/c15-8-11-2-1-3-12(14-11)9-4-6-10(7-5-9)13(16)17/h1-3,9-10,15H,4-8H2,(H,16,17). The van der Waals surface area contributed by atoms with Gasteiger partial charge in [-0.1, -0.05) is 6.07 Å². The Balaban J connectivity index is 2.02. The van der Waals surface area contributed by atoms with Crippen LogP contribution >= 0.6 is 0 Å². The number of nitrogens with zero attached hydrogens (tertiary/aromatic N) is 1. The van der Waals surface area contributed by atoms with Crippen molar-refractivity contribution in [3.63, 3.8) is 0 Å². The molecular formula is C13H17NO3. The SMILES string of the molecule is O=C(O)C1CCC(c2cccc(CO)n2)CC1. The molecule has 0 unspecified atom stereocenters. The molecular weight excluding hydrogens is 218 g/mol. The van der Waals surface area contributed by atoms with Crippen molar-refractivity contribution < 1.29 is 15.0 Å². The summed E-state index contributed by atoms with van der Waals surface area (Å²) in [6.07, 6.45) is 3.20. The van der Waals surface area contributed by atoms with Gasteiger partial charge in [-0.2, -0.15) is 0 Å². The van der Waals surface area contributed by atoms with Crippen LogP contribution in [0.25, 0.3) is 0 Å². The first-order valence-electron chi connectivity index (χ1n) is 6.00. The highest BCUT2D eigenvalue weighted by molar-refractivity contribution is 5.70. The fourth-order valence-corrected chi connectivity index (χ4v) is 2.45. The van der Waals surface area contributed by atoms with Crippen LogP contribution in [0.3, 0.4) is 0 Å². The second kappa shape index (κ2) is 5.27. The molecule has 0 aromatic carbocycles. The summed E-state index contributed by atoms with van der Waals surface area (Å²) in [5, 5.41) is 18.0. The molecule has 0 bridgehead atoms. The number of hydrogen-bond donors (Lipinski definition) is 2. The zero-order valence-corrected chi connectivity index (χ0v) is 9.67. The minimum absolute atomic E-state index is 0.0433. The number of aliphatic hydroxyl groups excluding tert-OH is 1. The van der Waals surface area contributed by atoms with Crippen LogP contribution in [0.4, 0.5) is 0 Å². The molecule has 2 N–H and O–H groups in total. The molecule has 92 valence electrons. The topological polar surface area (TPSA) is 70.4 Å². The van der Waals surface area contributed by atoms with E-state index in [1.54, 1.807) is 6.07 Å². The van der Waals surface area contributed by atoms with Crippen molar-refractivity contribution in [2.45, 2.75) is 38.2 Å². The molecule has 1 saturated carbocycles. The van der Waals surface area contributed by atoms with Gasteiger partial charge in [0.1, 0.15) is 0 Å². The second-order valence-electron chi connectivity index (χ2n) is 4.60. The lowest BCUT2D eigenvalue weighted by atomic mass is 9.80. The number of carboxylic acids is 1. The van der Waals surface area contributed by atoms with Crippen molar-refractivity contribution >= 4 is 5.97 Å². The Hall–Kier alpha value is -1.42. The predicted octanol–water partition coefficient (Wildman–Crippen LogP) is 1.93. The number of rotatable bonds is 3. The molecule has 0 atom stereocenters. The smallest absolute Gasteiger partial charge is 0.306 e. The quantitative estimate of drug-likeness (QED) is 0.839. The minimum Gasteiger partial charge on any atom is -0.481 e. The summed E-state index contributed by atoms with van der Waals surface area (Å²) in [5.74, 6) is -0.523. The van der Waals surface area contributed by atoms with Crippen molar-refractivity contribution in [2.75, 3.05) is 0 Å². The first-order valence-corrected chi connectivity index (χ1v) is 6.00. The highest BCUT2D eigenvalue weighted by Crippen LogP contribution is 2.34. The summed E-state index contributed by atoms with van der Waals surface area (Å²) < 4.78 is 0. The van der Waals surface area contributed by atoms with Crippen LogP contribution < -0.4 is 0 Å². The number of aliphatic carboxylic acids is 1. The molecule has 1 heterocycles. The third kappa shape index (κ3) is 2.82. The van der Waals surface area contributed by atoms with Crippen molar-refractivity contribution in [2.24, 2.45) is 5.92 Å². The van der Waals surface area contributed by atoms with Crippen LogP contribution in [-0.2, 0) is 11.4 Å². The molecule has 1 aromatic rings. The number of hydrogen-bond acceptors (Lipinski definition) is 3. The van der Waals surface area contributed by atoms with Crippen molar-refractivity contribution in [1.82, 2.24) is 4.98 Å². The monoisotopic (exact) mass is 235 g/mol. The Labute approximate surface area is 100 Å². The van der Waals surface area contributed by atoms with Gasteiger partial charge in [0.2, 0.25) is 0 Å². The van der Waals surface area contributed by atoms with Gasteiger partial charge in [0.25, 0.3) is 0 Å². The third-order valence-electron chi connectivity index (χ3n) is 3.48. The summed E-state index contributed by atoms with van der Waals surface area (Å²) in [5.41, 5.74) is 1.67. The first kappa shape index (κ1) is 12.0. The zero-order valence-electron chi connectivity index (χ0n) is 9.67. The molecule has 1 aliphatic rings. The Morgan fingerprint density at radius 2 is 2.00 bits per heavy atom. The van der Waals surface area contributed by atoms with Crippen LogP contribution in [0.15, 0.2) is 18.2 Å².